The Kier molecular flexibility index (Phi) is 5.33. The maximum Gasteiger partial charge on any atom is 0.182 e. The van der Waals surface area contributed by atoms with Crippen LogP contribution in [0.15, 0.2) is 48.9 Å². The lowest BCUT2D eigenvalue weighted by molar-refractivity contribution is -0.0365. The van der Waals surface area contributed by atoms with Crippen molar-refractivity contribution in [1.82, 2.24) is 24.3 Å². The van der Waals surface area contributed by atoms with Gasteiger partial charge in [-0.2, -0.15) is 10.4 Å². The van der Waals surface area contributed by atoms with Crippen LogP contribution in [0.1, 0.15) is 44.9 Å². The van der Waals surface area contributed by atoms with Crippen LogP contribution in [0.2, 0.25) is 0 Å². The summed E-state index contributed by atoms with van der Waals surface area (Å²) in [4.78, 5) is 9.26. The van der Waals surface area contributed by atoms with Gasteiger partial charge < -0.3 is 14.0 Å². The summed E-state index contributed by atoms with van der Waals surface area (Å²) in [5.74, 6) is 1.96. The maximum atomic E-state index is 9.13. The van der Waals surface area contributed by atoms with E-state index in [1.165, 1.54) is 0 Å². The zero-order chi connectivity index (χ0) is 22.1. The van der Waals surface area contributed by atoms with Crippen molar-refractivity contribution < 1.29 is 9.47 Å². The van der Waals surface area contributed by atoms with E-state index >= 15 is 0 Å². The summed E-state index contributed by atoms with van der Waals surface area (Å²) in [6.07, 6.45) is 8.32. The summed E-state index contributed by atoms with van der Waals surface area (Å²) < 4.78 is 15.7. The molecule has 8 heteroatoms. The fourth-order valence-electron chi connectivity index (χ4n) is 3.98. The topological polar surface area (TPSA) is 90.8 Å². The van der Waals surface area contributed by atoms with Crippen LogP contribution in [0.5, 0.6) is 5.75 Å². The van der Waals surface area contributed by atoms with E-state index in [2.05, 4.69) is 11.1 Å². The van der Waals surface area contributed by atoms with Crippen molar-refractivity contribution >= 4 is 10.9 Å². The number of nitriles is 1. The highest BCUT2D eigenvalue weighted by Gasteiger charge is 2.23. The first-order chi connectivity index (χ1) is 15.6. The van der Waals surface area contributed by atoms with E-state index in [1.54, 1.807) is 29.1 Å². The normalized spacial score (nSPS) is 16.4. The predicted octanol–water partition coefficient (Wildman–Crippen LogP) is 4.64. The van der Waals surface area contributed by atoms with Crippen LogP contribution in [-0.2, 0) is 4.74 Å². The molecule has 8 nitrogen and oxygen atoms in total. The van der Waals surface area contributed by atoms with Crippen molar-refractivity contribution in [2.45, 2.75) is 45.4 Å². The molecule has 1 aromatic carbocycles. The third kappa shape index (κ3) is 3.83. The van der Waals surface area contributed by atoms with Crippen molar-refractivity contribution in [2.75, 3.05) is 6.61 Å². The first-order valence-corrected chi connectivity index (χ1v) is 10.8. The molecule has 4 heterocycles. The average Bonchev–Trinajstić information content (AvgIpc) is 3.44. The lowest BCUT2D eigenvalue weighted by Gasteiger charge is -2.23. The van der Waals surface area contributed by atoms with Gasteiger partial charge in [0.05, 0.1) is 17.2 Å². The molecule has 1 atom stereocenters. The van der Waals surface area contributed by atoms with E-state index in [0.717, 1.165) is 42.5 Å². The Balaban J connectivity index is 1.63. The number of rotatable bonds is 5. The van der Waals surface area contributed by atoms with Crippen LogP contribution in [0.4, 0.5) is 0 Å². The van der Waals surface area contributed by atoms with Gasteiger partial charge in [-0.15, -0.1) is 0 Å². The molecule has 5 rings (SSSR count). The fraction of sp³-hybridized carbons (Fsp3) is 0.333. The Bertz CT molecular complexity index is 1290. The standard InChI is InChI=1S/C24H24N6O2/c1-16(2)32-18-6-7-20-19(13-18)23(28-30(20)22-5-3-4-12-31-22)24-26-10-8-21(27-24)29-11-9-17(14-25)15-29/h6-11,13,15-16,22H,3-5,12H2,1-2H3. The Labute approximate surface area is 186 Å². The Hall–Kier alpha value is -3.70. The third-order valence-corrected chi connectivity index (χ3v) is 5.42. The number of hydrogen-bond acceptors (Lipinski definition) is 6. The molecule has 0 saturated carbocycles. The van der Waals surface area contributed by atoms with Crippen molar-refractivity contribution in [3.8, 4) is 29.2 Å². The van der Waals surface area contributed by atoms with E-state index in [1.807, 2.05) is 42.9 Å². The maximum absolute atomic E-state index is 9.13. The van der Waals surface area contributed by atoms with Crippen molar-refractivity contribution in [3.63, 3.8) is 0 Å². The van der Waals surface area contributed by atoms with E-state index < -0.39 is 0 Å². The highest BCUT2D eigenvalue weighted by molar-refractivity contribution is 5.92. The quantitative estimate of drug-likeness (QED) is 0.460. The molecule has 162 valence electrons. The molecule has 3 aromatic heterocycles. The van der Waals surface area contributed by atoms with E-state index in [9.17, 15) is 0 Å². The average molecular weight is 428 g/mol. The molecule has 0 spiro atoms. The van der Waals surface area contributed by atoms with Gasteiger partial charge in [-0.1, -0.05) is 0 Å². The van der Waals surface area contributed by atoms with Crippen LogP contribution in [0.25, 0.3) is 28.2 Å². The SMILES string of the molecule is CC(C)Oc1ccc2c(c1)c(-c1nccc(-n3ccc(C#N)c3)n1)nn2C1CCCCO1. The highest BCUT2D eigenvalue weighted by atomic mass is 16.5. The molecule has 1 unspecified atom stereocenters. The summed E-state index contributed by atoms with van der Waals surface area (Å²) in [7, 11) is 0. The minimum absolute atomic E-state index is 0.0651. The largest absolute Gasteiger partial charge is 0.491 e. The lowest BCUT2D eigenvalue weighted by Crippen LogP contribution is -2.19. The van der Waals surface area contributed by atoms with Crippen LogP contribution >= 0.6 is 0 Å². The molecule has 1 fully saturated rings. The number of hydrogen-bond donors (Lipinski definition) is 0. The highest BCUT2D eigenvalue weighted by Crippen LogP contribution is 2.34. The van der Waals surface area contributed by atoms with Gasteiger partial charge in [0.15, 0.2) is 12.1 Å². The smallest absolute Gasteiger partial charge is 0.182 e. The zero-order valence-electron chi connectivity index (χ0n) is 18.1. The van der Waals surface area contributed by atoms with E-state index in [4.69, 9.17) is 24.8 Å². The molecule has 1 aliphatic rings. The minimum Gasteiger partial charge on any atom is -0.491 e. The molecular weight excluding hydrogens is 404 g/mol. The molecule has 0 radical (unpaired) electrons. The molecular formula is C24H24N6O2. The number of aromatic nitrogens is 5. The lowest BCUT2D eigenvalue weighted by atomic mass is 10.1. The van der Waals surface area contributed by atoms with Crippen molar-refractivity contribution in [3.05, 3.63) is 54.5 Å². The van der Waals surface area contributed by atoms with Gasteiger partial charge in [-0.3, -0.25) is 0 Å². The van der Waals surface area contributed by atoms with Gasteiger partial charge in [-0.25, -0.2) is 14.6 Å². The second kappa shape index (κ2) is 8.44. The van der Waals surface area contributed by atoms with E-state index in [0.29, 0.717) is 22.9 Å². The van der Waals surface area contributed by atoms with Crippen LogP contribution < -0.4 is 4.74 Å². The van der Waals surface area contributed by atoms with Gasteiger partial charge in [0.1, 0.15) is 23.3 Å². The Morgan fingerprint density at radius 2 is 2.12 bits per heavy atom. The number of nitrogens with zero attached hydrogens (tertiary/aromatic N) is 6. The number of benzene rings is 1. The van der Waals surface area contributed by atoms with Gasteiger partial charge in [-0.05, 0) is 63.4 Å². The van der Waals surface area contributed by atoms with Gasteiger partial charge >= 0.3 is 0 Å². The molecule has 4 aromatic rings. The van der Waals surface area contributed by atoms with Gasteiger partial charge in [0.25, 0.3) is 0 Å². The predicted molar refractivity (Wildman–Crippen MR) is 119 cm³/mol. The summed E-state index contributed by atoms with van der Waals surface area (Å²) in [5, 5.41) is 15.0. The molecule has 0 N–H and O–H groups in total. The number of fused-ring (bicyclic) bond motifs is 1. The minimum atomic E-state index is -0.109. The molecule has 1 aliphatic heterocycles. The van der Waals surface area contributed by atoms with E-state index in [-0.39, 0.29) is 12.3 Å². The number of ether oxygens (including phenoxy) is 2. The van der Waals surface area contributed by atoms with Gasteiger partial charge in [0.2, 0.25) is 0 Å². The van der Waals surface area contributed by atoms with Crippen LogP contribution in [0, 0.1) is 11.3 Å². The van der Waals surface area contributed by atoms with Gasteiger partial charge in [0, 0.05) is 30.6 Å². The van der Waals surface area contributed by atoms with Crippen LogP contribution in [-0.4, -0.2) is 37.0 Å². The summed E-state index contributed by atoms with van der Waals surface area (Å²) in [5.41, 5.74) is 2.22. The van der Waals surface area contributed by atoms with Crippen LogP contribution in [0.3, 0.4) is 0 Å². The monoisotopic (exact) mass is 428 g/mol. The molecule has 0 amide bonds. The zero-order valence-corrected chi connectivity index (χ0v) is 18.1. The molecule has 1 saturated heterocycles. The summed E-state index contributed by atoms with van der Waals surface area (Å²) in [6, 6.07) is 11.7. The Morgan fingerprint density at radius 3 is 2.88 bits per heavy atom. The summed E-state index contributed by atoms with van der Waals surface area (Å²) in [6.45, 7) is 4.74. The second-order valence-electron chi connectivity index (χ2n) is 8.12. The first kappa shape index (κ1) is 20.2. The molecule has 32 heavy (non-hydrogen) atoms. The second-order valence-corrected chi connectivity index (χ2v) is 8.12. The molecule has 0 aliphatic carbocycles. The van der Waals surface area contributed by atoms with Crippen molar-refractivity contribution in [2.24, 2.45) is 0 Å². The first-order valence-electron chi connectivity index (χ1n) is 10.8. The Morgan fingerprint density at radius 1 is 1.22 bits per heavy atom. The van der Waals surface area contributed by atoms with Crippen molar-refractivity contribution in [1.29, 1.82) is 5.26 Å². The third-order valence-electron chi connectivity index (χ3n) is 5.42. The molecule has 0 bridgehead atoms. The summed E-state index contributed by atoms with van der Waals surface area (Å²) >= 11 is 0. The fourth-order valence-corrected chi connectivity index (χ4v) is 3.98.